The van der Waals surface area contributed by atoms with E-state index in [9.17, 15) is 13.2 Å². The first-order chi connectivity index (χ1) is 18.3. The molecule has 0 bridgehead atoms. The monoisotopic (exact) mass is 524 g/mol. The molecule has 0 spiro atoms. The van der Waals surface area contributed by atoms with Crippen LogP contribution in [0, 0.1) is 33.1 Å². The number of halogens is 3. The number of hydrogen-bond donors (Lipinski definition) is 0. The Hall–Kier alpha value is -3.66. The highest BCUT2D eigenvalue weighted by Crippen LogP contribution is 2.51. The van der Waals surface area contributed by atoms with Gasteiger partial charge in [0, 0.05) is 17.7 Å². The number of rotatable bonds is 3. The highest BCUT2D eigenvalue weighted by atomic mass is 19.4. The number of pyridine rings is 1. The molecule has 4 aromatic carbocycles. The molecule has 6 rings (SSSR count). The van der Waals surface area contributed by atoms with Crippen LogP contribution in [0.1, 0.15) is 41.7 Å². The summed E-state index contributed by atoms with van der Waals surface area (Å²) in [5, 5.41) is 3.41. The Labute approximate surface area is 227 Å². The van der Waals surface area contributed by atoms with Gasteiger partial charge in [0.2, 0.25) is 11.2 Å². The molecule has 0 atom stereocenters. The minimum Gasteiger partial charge on any atom is -0.194 e. The van der Waals surface area contributed by atoms with E-state index in [1.54, 1.807) is 0 Å². The molecule has 1 aliphatic rings. The maximum absolute atomic E-state index is 14.1. The number of nitrogens with zero attached hydrogens (tertiary/aromatic N) is 1. The van der Waals surface area contributed by atoms with Gasteiger partial charge in [-0.25, -0.2) is 0 Å². The summed E-state index contributed by atoms with van der Waals surface area (Å²) >= 11 is 0. The van der Waals surface area contributed by atoms with Crippen LogP contribution in [0.4, 0.5) is 13.2 Å². The van der Waals surface area contributed by atoms with Crippen molar-refractivity contribution in [3.63, 3.8) is 0 Å². The van der Waals surface area contributed by atoms with Crippen molar-refractivity contribution in [2.24, 2.45) is 12.5 Å². The van der Waals surface area contributed by atoms with Gasteiger partial charge < -0.3 is 0 Å². The quantitative estimate of drug-likeness (QED) is 0.203. The molecule has 0 saturated heterocycles. The third-order valence-electron chi connectivity index (χ3n) is 8.85. The molecule has 0 amide bonds. The second kappa shape index (κ2) is 8.42. The van der Waals surface area contributed by atoms with Crippen LogP contribution in [0.2, 0.25) is 0 Å². The molecular weight excluding hydrogens is 491 g/mol. The number of hydrogen-bond acceptors (Lipinski definition) is 0. The first kappa shape index (κ1) is 25.6. The van der Waals surface area contributed by atoms with Gasteiger partial charge in [0.1, 0.15) is 7.05 Å². The average molecular weight is 525 g/mol. The Bertz CT molecular complexity index is 1840. The van der Waals surface area contributed by atoms with Gasteiger partial charge in [0.05, 0.1) is 10.8 Å². The molecule has 4 heteroatoms. The van der Waals surface area contributed by atoms with Gasteiger partial charge in [-0.3, -0.25) is 0 Å². The fourth-order valence-electron chi connectivity index (χ4n) is 6.58. The van der Waals surface area contributed by atoms with Crippen molar-refractivity contribution in [3.8, 4) is 33.5 Å². The number of benzene rings is 4. The van der Waals surface area contributed by atoms with Crippen molar-refractivity contribution >= 4 is 21.7 Å². The van der Waals surface area contributed by atoms with Crippen molar-refractivity contribution in [2.75, 3.05) is 0 Å². The van der Waals surface area contributed by atoms with E-state index in [0.29, 0.717) is 0 Å². The van der Waals surface area contributed by atoms with Crippen molar-refractivity contribution in [3.05, 3.63) is 88.5 Å². The van der Waals surface area contributed by atoms with E-state index in [4.69, 9.17) is 0 Å². The van der Waals surface area contributed by atoms with Crippen LogP contribution < -0.4 is 4.57 Å². The molecule has 0 fully saturated rings. The Morgan fingerprint density at radius 1 is 0.718 bits per heavy atom. The molecule has 1 aliphatic carbocycles. The summed E-state index contributed by atoms with van der Waals surface area (Å²) in [6, 6.07) is 21.3. The molecule has 1 nitrogen and oxygen atoms in total. The molecular formula is C35H33F3N+. The first-order valence-corrected chi connectivity index (χ1v) is 13.5. The number of aryl methyl sites for hydroxylation is 3. The zero-order valence-electron chi connectivity index (χ0n) is 23.6. The Morgan fingerprint density at radius 3 is 2.05 bits per heavy atom. The average Bonchev–Trinajstić information content (AvgIpc) is 3.17. The molecule has 0 unspecified atom stereocenters. The van der Waals surface area contributed by atoms with Gasteiger partial charge >= 0.3 is 6.18 Å². The fourth-order valence-corrected chi connectivity index (χ4v) is 6.58. The van der Waals surface area contributed by atoms with Crippen LogP contribution in [-0.2, 0) is 13.5 Å². The predicted octanol–water partition coefficient (Wildman–Crippen LogP) is 9.50. The van der Waals surface area contributed by atoms with Crippen molar-refractivity contribution in [1.82, 2.24) is 0 Å². The topological polar surface area (TPSA) is 3.88 Å². The third kappa shape index (κ3) is 3.71. The molecule has 1 heterocycles. The summed E-state index contributed by atoms with van der Waals surface area (Å²) in [7, 11) is 2.03. The summed E-state index contributed by atoms with van der Waals surface area (Å²) in [4.78, 5) is 0. The first-order valence-electron chi connectivity index (χ1n) is 13.5. The molecule has 0 radical (unpaired) electrons. The third-order valence-corrected chi connectivity index (χ3v) is 8.85. The van der Waals surface area contributed by atoms with E-state index < -0.39 is 11.6 Å². The molecule has 0 N–H and O–H groups in total. The second-order valence-corrected chi connectivity index (χ2v) is 12.0. The summed E-state index contributed by atoms with van der Waals surface area (Å²) in [5.41, 5.74) is 11.2. The second-order valence-electron chi connectivity index (χ2n) is 12.0. The van der Waals surface area contributed by atoms with E-state index in [2.05, 4.69) is 73.0 Å². The fraction of sp³-hybridized carbons (Fsp3) is 0.286. The lowest BCUT2D eigenvalue weighted by Gasteiger charge is -2.28. The molecule has 1 aromatic heterocycles. The van der Waals surface area contributed by atoms with Crippen LogP contribution in [-0.4, -0.2) is 6.18 Å². The summed E-state index contributed by atoms with van der Waals surface area (Å²) in [6.45, 7) is 11.0. The molecule has 198 valence electrons. The molecule has 0 aliphatic heterocycles. The summed E-state index contributed by atoms with van der Waals surface area (Å²) in [6.07, 6.45) is -4.39. The Balaban J connectivity index is 1.67. The highest BCUT2D eigenvalue weighted by Gasteiger charge is 2.47. The van der Waals surface area contributed by atoms with Crippen LogP contribution in [0.3, 0.4) is 0 Å². The summed E-state index contributed by atoms with van der Waals surface area (Å²) in [5.74, 6) is 0. The van der Waals surface area contributed by atoms with E-state index in [0.717, 1.165) is 44.4 Å². The van der Waals surface area contributed by atoms with Gasteiger partial charge in [0.15, 0.2) is 0 Å². The van der Waals surface area contributed by atoms with Crippen molar-refractivity contribution in [1.29, 1.82) is 0 Å². The lowest BCUT2D eigenvalue weighted by atomic mass is 9.82. The van der Waals surface area contributed by atoms with E-state index in [1.807, 2.05) is 27.0 Å². The van der Waals surface area contributed by atoms with Gasteiger partial charge in [-0.2, -0.15) is 17.7 Å². The van der Waals surface area contributed by atoms with Crippen LogP contribution in [0.15, 0.2) is 60.7 Å². The molecule has 0 saturated carbocycles. The Morgan fingerprint density at radius 2 is 1.38 bits per heavy atom. The van der Waals surface area contributed by atoms with Crippen molar-refractivity contribution in [2.45, 2.75) is 54.1 Å². The lowest BCUT2D eigenvalue weighted by molar-refractivity contribution is -0.633. The van der Waals surface area contributed by atoms with Gasteiger partial charge in [-0.05, 0) is 101 Å². The number of fused-ring (bicyclic) bond motifs is 4. The minimum absolute atomic E-state index is 0.0849. The van der Waals surface area contributed by atoms with Crippen LogP contribution in [0.25, 0.3) is 55.2 Å². The van der Waals surface area contributed by atoms with E-state index in [-0.39, 0.29) is 6.42 Å². The molecule has 39 heavy (non-hydrogen) atoms. The highest BCUT2D eigenvalue weighted by molar-refractivity contribution is 6.16. The van der Waals surface area contributed by atoms with Crippen LogP contribution >= 0.6 is 0 Å². The van der Waals surface area contributed by atoms with Crippen LogP contribution in [0.5, 0.6) is 0 Å². The smallest absolute Gasteiger partial charge is 0.194 e. The Kier molecular flexibility index (Phi) is 5.53. The van der Waals surface area contributed by atoms with E-state index in [1.165, 1.54) is 52.4 Å². The number of aromatic nitrogens is 1. The van der Waals surface area contributed by atoms with Gasteiger partial charge in [0.25, 0.3) is 0 Å². The predicted molar refractivity (Wildman–Crippen MR) is 155 cm³/mol. The van der Waals surface area contributed by atoms with Gasteiger partial charge in [-0.1, -0.05) is 56.3 Å². The lowest BCUT2D eigenvalue weighted by Crippen LogP contribution is -2.36. The van der Waals surface area contributed by atoms with E-state index >= 15 is 0 Å². The SMILES string of the molecule is Cc1cc(C)c2c(CC(C)(C)C(F)(F)F)cc(-c3cc4c(c(C)c3C)-c3cccc5cccc-4c35)[n+](C)c2c1. The largest absolute Gasteiger partial charge is 0.394 e. The normalized spacial score (nSPS) is 13.0. The van der Waals surface area contributed by atoms with Gasteiger partial charge in [-0.15, -0.1) is 0 Å². The standard InChI is InChI=1S/C35H33F3N/c1-19-14-20(2)31-24(18-34(5,6)35(36,37)38)16-29(39(7)30(31)15-19)27-17-28-25-12-8-10-23-11-9-13-26(33(23)25)32(28)22(4)21(27)3/h8-17H,18H2,1-7H3/q+1. The zero-order valence-corrected chi connectivity index (χ0v) is 23.6. The van der Waals surface area contributed by atoms with Crippen molar-refractivity contribution < 1.29 is 17.7 Å². The maximum Gasteiger partial charge on any atom is 0.394 e. The minimum atomic E-state index is -4.30. The number of alkyl halides is 3. The molecule has 5 aromatic rings. The summed E-state index contributed by atoms with van der Waals surface area (Å²) < 4.78 is 44.4. The maximum atomic E-state index is 14.1. The zero-order chi connectivity index (χ0) is 28.0.